The second-order valence-corrected chi connectivity index (χ2v) is 10.4. The Morgan fingerprint density at radius 3 is 2.09 bits per heavy atom. The van der Waals surface area contributed by atoms with Gasteiger partial charge >= 0.3 is 5.97 Å². The van der Waals surface area contributed by atoms with Crippen molar-refractivity contribution in [2.24, 2.45) is 0 Å². The number of esters is 1. The van der Waals surface area contributed by atoms with Crippen LogP contribution in [0.3, 0.4) is 0 Å². The Balaban J connectivity index is 1.81. The maximum Gasteiger partial charge on any atom is 0.308 e. The average molecular weight is 554 g/mol. The van der Waals surface area contributed by atoms with Crippen molar-refractivity contribution in [3.63, 3.8) is 0 Å². The van der Waals surface area contributed by atoms with Crippen molar-refractivity contribution < 1.29 is 19.4 Å². The molecule has 1 saturated heterocycles. The fourth-order valence-electron chi connectivity index (χ4n) is 4.33. The van der Waals surface area contributed by atoms with Gasteiger partial charge in [-0.3, -0.25) is 4.79 Å². The summed E-state index contributed by atoms with van der Waals surface area (Å²) in [5.74, 6) is -0.323. The molecule has 1 aliphatic rings. The molecule has 1 fully saturated rings. The zero-order valence-electron chi connectivity index (χ0n) is 19.2. The second-order valence-electron chi connectivity index (χ2n) is 8.77. The quantitative estimate of drug-likeness (QED) is 0.253. The number of ether oxygens (including phenoxy) is 2. The van der Waals surface area contributed by atoms with Gasteiger partial charge in [-0.1, -0.05) is 70.7 Å². The van der Waals surface area contributed by atoms with Gasteiger partial charge in [-0.2, -0.15) is 0 Å². The number of rotatable bonds is 6. The first-order valence-electron chi connectivity index (χ1n) is 11.1. The van der Waals surface area contributed by atoms with Gasteiger partial charge in [0.2, 0.25) is 0 Å². The Morgan fingerprint density at radius 1 is 0.943 bits per heavy atom. The number of halogens is 4. The van der Waals surface area contributed by atoms with Gasteiger partial charge in [0.1, 0.15) is 18.5 Å². The number of hydrogen-bond acceptors (Lipinski definition) is 4. The summed E-state index contributed by atoms with van der Waals surface area (Å²) in [5, 5.41) is 12.1. The number of hydrogen-bond donors (Lipinski definition) is 1. The minimum absolute atomic E-state index is 0.0165. The van der Waals surface area contributed by atoms with Crippen LogP contribution in [0.5, 0.6) is 5.75 Å². The molecule has 0 amide bonds. The van der Waals surface area contributed by atoms with E-state index in [9.17, 15) is 9.90 Å². The van der Waals surface area contributed by atoms with Crippen LogP contribution in [0.25, 0.3) is 0 Å². The van der Waals surface area contributed by atoms with Gasteiger partial charge in [-0.15, -0.1) is 0 Å². The van der Waals surface area contributed by atoms with E-state index in [1.807, 2.05) is 56.3 Å². The number of cyclic esters (lactones) is 1. The molecule has 0 saturated carbocycles. The van der Waals surface area contributed by atoms with Crippen LogP contribution in [-0.4, -0.2) is 29.9 Å². The summed E-state index contributed by atoms with van der Waals surface area (Å²) in [6, 6.07) is 15.1. The number of benzene rings is 3. The van der Waals surface area contributed by atoms with E-state index in [1.54, 1.807) is 6.07 Å². The molecule has 1 heterocycles. The van der Waals surface area contributed by atoms with E-state index >= 15 is 0 Å². The molecule has 0 unspecified atom stereocenters. The van der Waals surface area contributed by atoms with Crippen LogP contribution >= 0.6 is 46.4 Å². The summed E-state index contributed by atoms with van der Waals surface area (Å²) in [5.41, 5.74) is 4.54. The molecule has 1 aliphatic heterocycles. The van der Waals surface area contributed by atoms with Crippen molar-refractivity contribution in [3.05, 3.63) is 96.4 Å². The third kappa shape index (κ3) is 6.07. The normalized spacial score (nSPS) is 18.0. The van der Waals surface area contributed by atoms with Crippen LogP contribution in [-0.2, 0) is 9.53 Å². The van der Waals surface area contributed by atoms with Crippen LogP contribution in [0.2, 0.25) is 20.1 Å². The van der Waals surface area contributed by atoms with E-state index < -0.39 is 18.2 Å². The number of aliphatic hydroxyl groups is 1. The molecular weight excluding hydrogens is 530 g/mol. The average Bonchev–Trinajstić information content (AvgIpc) is 2.77. The highest BCUT2D eigenvalue weighted by molar-refractivity contribution is 6.35. The molecule has 0 bridgehead atoms. The van der Waals surface area contributed by atoms with E-state index in [4.69, 9.17) is 55.9 Å². The van der Waals surface area contributed by atoms with Crippen LogP contribution in [0.4, 0.5) is 0 Å². The maximum atomic E-state index is 11.8. The zero-order valence-corrected chi connectivity index (χ0v) is 22.2. The van der Waals surface area contributed by atoms with Gasteiger partial charge in [0.15, 0.2) is 0 Å². The van der Waals surface area contributed by atoms with E-state index in [1.165, 1.54) is 0 Å². The lowest BCUT2D eigenvalue weighted by atomic mass is 9.83. The fourth-order valence-corrected chi connectivity index (χ4v) is 5.13. The molecule has 0 aliphatic carbocycles. The first-order valence-corrected chi connectivity index (χ1v) is 12.6. The van der Waals surface area contributed by atoms with Crippen molar-refractivity contribution in [2.45, 2.75) is 44.8 Å². The lowest BCUT2D eigenvalue weighted by Crippen LogP contribution is -2.36. The summed E-state index contributed by atoms with van der Waals surface area (Å²) in [7, 11) is 0. The van der Waals surface area contributed by atoms with E-state index in [0.29, 0.717) is 32.3 Å². The summed E-state index contributed by atoms with van der Waals surface area (Å²) in [4.78, 5) is 11.8. The minimum Gasteiger partial charge on any atom is -0.488 e. The topological polar surface area (TPSA) is 55.8 Å². The van der Waals surface area contributed by atoms with Crippen LogP contribution in [0.15, 0.2) is 48.5 Å². The Labute approximate surface area is 224 Å². The van der Waals surface area contributed by atoms with Crippen molar-refractivity contribution in [1.82, 2.24) is 0 Å². The van der Waals surface area contributed by atoms with Crippen molar-refractivity contribution in [1.29, 1.82) is 0 Å². The molecule has 0 radical (unpaired) electrons. The molecular formula is C27H24Cl4O4. The third-order valence-electron chi connectivity index (χ3n) is 6.03. The number of aliphatic hydroxyl groups excluding tert-OH is 1. The Hall–Kier alpha value is -1.95. The van der Waals surface area contributed by atoms with E-state index in [0.717, 1.165) is 27.8 Å². The summed E-state index contributed by atoms with van der Waals surface area (Å²) in [6.45, 7) is 3.94. The molecule has 4 nitrogen and oxygen atoms in total. The highest BCUT2D eigenvalue weighted by Crippen LogP contribution is 2.44. The molecule has 3 aromatic carbocycles. The van der Waals surface area contributed by atoms with Gasteiger partial charge in [0, 0.05) is 33.0 Å². The Bertz CT molecular complexity index is 1210. The van der Waals surface area contributed by atoms with Crippen molar-refractivity contribution in [3.8, 4) is 5.75 Å². The predicted octanol–water partition coefficient (Wildman–Crippen LogP) is 7.54. The minimum atomic E-state index is -0.758. The van der Waals surface area contributed by atoms with E-state index in [-0.39, 0.29) is 18.9 Å². The number of carbonyl (C=O) groups excluding carboxylic acids is 1. The number of carbonyl (C=O) groups is 1. The van der Waals surface area contributed by atoms with Crippen molar-refractivity contribution in [2.75, 3.05) is 6.61 Å². The molecule has 3 aromatic rings. The molecule has 8 heteroatoms. The lowest BCUT2D eigenvalue weighted by molar-refractivity contribution is -0.162. The second kappa shape index (κ2) is 11.0. The molecule has 4 rings (SSSR count). The molecule has 0 spiro atoms. The standard InChI is InChI=1S/C27H24Cl4O4/c1-14-7-16(3-5-22(14)29)26(17-4-6-23(30)15(2)8-17)21-9-18(28)10-24(31)27(21)34-13-20-11-19(32)12-25(33)35-20/h3-10,19-20,26,32H,11-13H2,1-2H3/t19-,20+/m1/s1. The highest BCUT2D eigenvalue weighted by Gasteiger charge is 2.29. The smallest absolute Gasteiger partial charge is 0.308 e. The summed E-state index contributed by atoms with van der Waals surface area (Å²) < 4.78 is 11.5. The molecule has 184 valence electrons. The SMILES string of the molecule is Cc1cc(C(c2ccc(Cl)c(C)c2)c2cc(Cl)cc(Cl)c2OC[C@@H]2C[C@@H](O)CC(=O)O2)ccc1Cl. The predicted molar refractivity (Wildman–Crippen MR) is 140 cm³/mol. The van der Waals surface area contributed by atoms with E-state index in [2.05, 4.69) is 0 Å². The summed E-state index contributed by atoms with van der Waals surface area (Å²) in [6.07, 6.45) is -1.06. The van der Waals surface area contributed by atoms with Crippen LogP contribution in [0.1, 0.15) is 46.6 Å². The number of aryl methyl sites for hydroxylation is 2. The van der Waals surface area contributed by atoms with Gasteiger partial charge in [-0.05, 0) is 60.4 Å². The lowest BCUT2D eigenvalue weighted by Gasteiger charge is -2.28. The third-order valence-corrected chi connectivity index (χ3v) is 7.37. The zero-order chi connectivity index (χ0) is 25.3. The largest absolute Gasteiger partial charge is 0.488 e. The molecule has 0 aromatic heterocycles. The fraction of sp³-hybridized carbons (Fsp3) is 0.296. The monoisotopic (exact) mass is 552 g/mol. The van der Waals surface area contributed by atoms with Gasteiger partial charge < -0.3 is 14.6 Å². The summed E-state index contributed by atoms with van der Waals surface area (Å²) >= 11 is 25.7. The molecule has 1 N–H and O–H groups in total. The van der Waals surface area contributed by atoms with Crippen LogP contribution in [0, 0.1) is 13.8 Å². The van der Waals surface area contributed by atoms with Crippen LogP contribution < -0.4 is 4.74 Å². The van der Waals surface area contributed by atoms with Gasteiger partial charge in [-0.25, -0.2) is 0 Å². The first kappa shape index (κ1) is 26.1. The van der Waals surface area contributed by atoms with Gasteiger partial charge in [0.05, 0.1) is 17.5 Å². The highest BCUT2D eigenvalue weighted by atomic mass is 35.5. The molecule has 35 heavy (non-hydrogen) atoms. The Kier molecular flexibility index (Phi) is 8.19. The van der Waals surface area contributed by atoms with Gasteiger partial charge in [0.25, 0.3) is 0 Å². The van der Waals surface area contributed by atoms with Crippen molar-refractivity contribution >= 4 is 52.4 Å². The Morgan fingerprint density at radius 2 is 1.54 bits per heavy atom. The first-order chi connectivity index (χ1) is 16.6. The maximum absolute atomic E-state index is 11.8. The molecule has 2 atom stereocenters.